The van der Waals surface area contributed by atoms with Crippen molar-refractivity contribution in [2.24, 2.45) is 11.3 Å². The molecule has 118 valence electrons. The summed E-state index contributed by atoms with van der Waals surface area (Å²) in [5.74, 6) is 0.697. The first-order valence-corrected chi connectivity index (χ1v) is 8.16. The largest absolute Gasteiger partial charge is 0.383 e. The fourth-order valence-corrected chi connectivity index (χ4v) is 3.06. The predicted molar refractivity (Wildman–Crippen MR) is 82.0 cm³/mol. The molecule has 0 aromatic carbocycles. The lowest BCUT2D eigenvalue weighted by molar-refractivity contribution is 0.0805. The molecule has 20 heavy (non-hydrogen) atoms. The second-order valence-corrected chi connectivity index (χ2v) is 7.08. The molecule has 0 bridgehead atoms. The van der Waals surface area contributed by atoms with E-state index in [4.69, 9.17) is 9.47 Å². The molecule has 1 saturated carbocycles. The molecule has 0 spiro atoms. The van der Waals surface area contributed by atoms with Crippen LogP contribution in [0.25, 0.3) is 0 Å². The molecule has 0 aromatic rings. The van der Waals surface area contributed by atoms with Crippen molar-refractivity contribution in [2.75, 3.05) is 53.1 Å². The van der Waals surface area contributed by atoms with Gasteiger partial charge in [0.15, 0.2) is 0 Å². The molecule has 1 heterocycles. The van der Waals surface area contributed by atoms with Gasteiger partial charge in [0.05, 0.1) is 13.2 Å². The molecule has 1 unspecified atom stereocenters. The van der Waals surface area contributed by atoms with E-state index in [1.165, 1.54) is 19.3 Å². The Balaban J connectivity index is 1.87. The van der Waals surface area contributed by atoms with E-state index in [-0.39, 0.29) is 0 Å². The third-order valence-corrected chi connectivity index (χ3v) is 4.32. The van der Waals surface area contributed by atoms with Crippen LogP contribution in [-0.4, -0.2) is 64.1 Å². The molecular formula is C16H32N2O2. The maximum Gasteiger partial charge on any atom is 0.0589 e. The number of nitrogens with one attached hydrogen (secondary N) is 1. The molecule has 4 nitrogen and oxygen atoms in total. The Labute approximate surface area is 124 Å². The predicted octanol–water partition coefficient (Wildman–Crippen LogP) is 1.75. The fourth-order valence-electron chi connectivity index (χ4n) is 3.06. The van der Waals surface area contributed by atoms with Crippen LogP contribution in [0.15, 0.2) is 0 Å². The van der Waals surface area contributed by atoms with Gasteiger partial charge >= 0.3 is 0 Å². The summed E-state index contributed by atoms with van der Waals surface area (Å²) in [6.07, 6.45) is 3.90. The summed E-state index contributed by atoms with van der Waals surface area (Å²) in [6.45, 7) is 11.7. The number of hydrogen-bond donors (Lipinski definition) is 1. The van der Waals surface area contributed by atoms with Gasteiger partial charge in [-0.05, 0) is 25.2 Å². The molecule has 1 N–H and O–H groups in total. The maximum atomic E-state index is 5.73. The lowest BCUT2D eigenvalue weighted by Gasteiger charge is -2.35. The zero-order valence-electron chi connectivity index (χ0n) is 13.5. The molecular weight excluding hydrogens is 252 g/mol. The Morgan fingerprint density at radius 3 is 2.75 bits per heavy atom. The molecule has 0 amide bonds. The first-order chi connectivity index (χ1) is 9.63. The van der Waals surface area contributed by atoms with E-state index in [2.05, 4.69) is 24.1 Å². The summed E-state index contributed by atoms with van der Waals surface area (Å²) in [4.78, 5) is 2.57. The highest BCUT2D eigenvalue weighted by atomic mass is 16.5. The lowest BCUT2D eigenvalue weighted by atomic mass is 9.86. The smallest absolute Gasteiger partial charge is 0.0589 e. The quantitative estimate of drug-likeness (QED) is 0.663. The van der Waals surface area contributed by atoms with Crippen molar-refractivity contribution in [3.63, 3.8) is 0 Å². The SMILES string of the molecule is COCCN(CC(C)C)CC1(CNC2CC2)CCOC1. The van der Waals surface area contributed by atoms with Gasteiger partial charge < -0.3 is 19.7 Å². The van der Waals surface area contributed by atoms with E-state index >= 15 is 0 Å². The molecule has 1 aliphatic carbocycles. The standard InChI is InChI=1S/C16H32N2O2/c1-14(2)10-18(7-9-19-3)12-16(6-8-20-13-16)11-17-15-4-5-15/h14-15,17H,4-13H2,1-3H3. The van der Waals surface area contributed by atoms with Crippen molar-refractivity contribution >= 4 is 0 Å². The van der Waals surface area contributed by atoms with Gasteiger partial charge in [-0.1, -0.05) is 13.8 Å². The van der Waals surface area contributed by atoms with Gasteiger partial charge in [-0.3, -0.25) is 0 Å². The molecule has 2 aliphatic rings. The molecule has 1 saturated heterocycles. The van der Waals surface area contributed by atoms with Crippen molar-refractivity contribution in [1.29, 1.82) is 0 Å². The zero-order chi connectivity index (χ0) is 14.4. The van der Waals surface area contributed by atoms with Crippen molar-refractivity contribution in [3.05, 3.63) is 0 Å². The summed E-state index contributed by atoms with van der Waals surface area (Å²) in [7, 11) is 1.79. The minimum atomic E-state index is 0.311. The highest BCUT2D eigenvalue weighted by Gasteiger charge is 2.38. The number of nitrogens with zero attached hydrogens (tertiary/aromatic N) is 1. The van der Waals surface area contributed by atoms with Gasteiger partial charge in [0.2, 0.25) is 0 Å². The first kappa shape index (κ1) is 16.2. The summed E-state index contributed by atoms with van der Waals surface area (Å²) in [5.41, 5.74) is 0.311. The second-order valence-electron chi connectivity index (χ2n) is 7.08. The molecule has 2 fully saturated rings. The number of hydrogen-bond acceptors (Lipinski definition) is 4. The van der Waals surface area contributed by atoms with E-state index in [0.717, 1.165) is 52.0 Å². The average Bonchev–Trinajstić information content (AvgIpc) is 3.13. The van der Waals surface area contributed by atoms with Crippen LogP contribution >= 0.6 is 0 Å². The van der Waals surface area contributed by atoms with Crippen molar-refractivity contribution in [2.45, 2.75) is 39.2 Å². The van der Waals surface area contributed by atoms with Crippen LogP contribution in [0.3, 0.4) is 0 Å². The van der Waals surface area contributed by atoms with E-state index in [1.807, 2.05) is 0 Å². The number of rotatable bonds is 10. The van der Waals surface area contributed by atoms with Gasteiger partial charge in [-0.25, -0.2) is 0 Å². The monoisotopic (exact) mass is 284 g/mol. The summed E-state index contributed by atoms with van der Waals surface area (Å²) in [5, 5.41) is 3.72. The fraction of sp³-hybridized carbons (Fsp3) is 1.00. The third-order valence-electron chi connectivity index (χ3n) is 4.32. The van der Waals surface area contributed by atoms with Crippen molar-refractivity contribution in [3.8, 4) is 0 Å². The highest BCUT2D eigenvalue weighted by Crippen LogP contribution is 2.31. The Kier molecular flexibility index (Phi) is 6.27. The molecule has 1 aliphatic heterocycles. The summed E-state index contributed by atoms with van der Waals surface area (Å²) < 4.78 is 11.0. The van der Waals surface area contributed by atoms with Crippen LogP contribution in [0.2, 0.25) is 0 Å². The Morgan fingerprint density at radius 1 is 1.40 bits per heavy atom. The van der Waals surface area contributed by atoms with Crippen molar-refractivity contribution in [1.82, 2.24) is 10.2 Å². The second kappa shape index (κ2) is 7.74. The van der Waals surface area contributed by atoms with Crippen LogP contribution in [0.5, 0.6) is 0 Å². The zero-order valence-corrected chi connectivity index (χ0v) is 13.5. The van der Waals surface area contributed by atoms with Crippen LogP contribution in [0.1, 0.15) is 33.1 Å². The van der Waals surface area contributed by atoms with Gasteiger partial charge in [-0.15, -0.1) is 0 Å². The van der Waals surface area contributed by atoms with Crippen LogP contribution in [-0.2, 0) is 9.47 Å². The molecule has 0 aromatic heterocycles. The normalized spacial score (nSPS) is 26.9. The van der Waals surface area contributed by atoms with Gasteiger partial charge in [0.1, 0.15) is 0 Å². The highest BCUT2D eigenvalue weighted by molar-refractivity contribution is 4.92. The number of ether oxygens (including phenoxy) is 2. The van der Waals surface area contributed by atoms with E-state index < -0.39 is 0 Å². The minimum Gasteiger partial charge on any atom is -0.383 e. The summed E-state index contributed by atoms with van der Waals surface area (Å²) >= 11 is 0. The lowest BCUT2D eigenvalue weighted by Crippen LogP contribution is -2.47. The molecule has 2 rings (SSSR count). The average molecular weight is 284 g/mol. The Morgan fingerprint density at radius 2 is 2.20 bits per heavy atom. The minimum absolute atomic E-state index is 0.311. The third kappa shape index (κ3) is 5.32. The first-order valence-electron chi connectivity index (χ1n) is 8.16. The molecule has 0 radical (unpaired) electrons. The molecule has 1 atom stereocenters. The summed E-state index contributed by atoms with van der Waals surface area (Å²) in [6, 6.07) is 0.782. The van der Waals surface area contributed by atoms with E-state index in [1.54, 1.807) is 7.11 Å². The van der Waals surface area contributed by atoms with E-state index in [0.29, 0.717) is 11.3 Å². The van der Waals surface area contributed by atoms with Crippen LogP contribution in [0, 0.1) is 11.3 Å². The maximum absolute atomic E-state index is 5.73. The molecule has 4 heteroatoms. The van der Waals surface area contributed by atoms with Crippen molar-refractivity contribution < 1.29 is 9.47 Å². The van der Waals surface area contributed by atoms with Crippen LogP contribution in [0.4, 0.5) is 0 Å². The topological polar surface area (TPSA) is 33.7 Å². The Bertz CT molecular complexity index is 274. The van der Waals surface area contributed by atoms with Gasteiger partial charge in [-0.2, -0.15) is 0 Å². The van der Waals surface area contributed by atoms with Gasteiger partial charge in [0.25, 0.3) is 0 Å². The number of methoxy groups -OCH3 is 1. The van der Waals surface area contributed by atoms with Crippen LogP contribution < -0.4 is 5.32 Å². The van der Waals surface area contributed by atoms with E-state index in [9.17, 15) is 0 Å². The Hall–Kier alpha value is -0.160. The van der Waals surface area contributed by atoms with Gasteiger partial charge in [0, 0.05) is 51.4 Å².